The molecule has 1 heterocycles. The fraction of sp³-hybridized carbons (Fsp3) is 0.0909. The molecule has 0 saturated carbocycles. The molecule has 0 saturated heterocycles. The van der Waals surface area contributed by atoms with Crippen LogP contribution in [0.5, 0.6) is 0 Å². The molecule has 1 amide bonds. The fourth-order valence-corrected chi connectivity index (χ4v) is 3.58. The quantitative estimate of drug-likeness (QED) is 0.452. The molecule has 0 aliphatic heterocycles. The summed E-state index contributed by atoms with van der Waals surface area (Å²) in [5.74, 6) is -0.498. The first-order valence-corrected chi connectivity index (χ1v) is 9.82. The Labute approximate surface area is 175 Å². The van der Waals surface area contributed by atoms with Crippen molar-refractivity contribution in [2.75, 3.05) is 12.4 Å². The van der Waals surface area contributed by atoms with Crippen molar-refractivity contribution in [3.63, 3.8) is 0 Å². The Morgan fingerprint density at radius 2 is 1.83 bits per heavy atom. The zero-order valence-corrected chi connectivity index (χ0v) is 17.2. The molecule has 0 bridgehead atoms. The number of hydrogen-bond donors (Lipinski definition) is 2. The van der Waals surface area contributed by atoms with Crippen LogP contribution >= 0.6 is 15.9 Å². The molecule has 3 aromatic carbocycles. The average Bonchev–Trinajstić information content (AvgIpc) is 3.16. The Bertz CT molecular complexity index is 1170. The van der Waals surface area contributed by atoms with Crippen molar-refractivity contribution in [3.05, 3.63) is 88.3 Å². The highest BCUT2D eigenvalue weighted by atomic mass is 79.9. The van der Waals surface area contributed by atoms with Crippen LogP contribution in [0.4, 0.5) is 10.1 Å². The predicted molar refractivity (Wildman–Crippen MR) is 116 cm³/mol. The second kappa shape index (κ2) is 8.05. The number of rotatable bonds is 5. The topological polar surface area (TPSA) is 58.9 Å². The van der Waals surface area contributed by atoms with Crippen molar-refractivity contribution < 1.29 is 9.18 Å². The largest absolute Gasteiger partial charge is 0.388 e. The van der Waals surface area contributed by atoms with Crippen LogP contribution in [0, 0.1) is 5.82 Å². The van der Waals surface area contributed by atoms with Crippen molar-refractivity contribution in [1.29, 1.82) is 0 Å². The minimum absolute atomic E-state index is 0.187. The van der Waals surface area contributed by atoms with Gasteiger partial charge in [-0.2, -0.15) is 5.10 Å². The highest BCUT2D eigenvalue weighted by Crippen LogP contribution is 2.26. The van der Waals surface area contributed by atoms with Gasteiger partial charge in [-0.25, -0.2) is 9.07 Å². The monoisotopic (exact) mass is 452 g/mol. The van der Waals surface area contributed by atoms with Crippen LogP contribution in [0.2, 0.25) is 0 Å². The zero-order valence-electron chi connectivity index (χ0n) is 15.6. The summed E-state index contributed by atoms with van der Waals surface area (Å²) in [6.07, 6.45) is 1.65. The second-order valence-electron chi connectivity index (χ2n) is 6.55. The van der Waals surface area contributed by atoms with Crippen LogP contribution < -0.4 is 10.6 Å². The highest BCUT2D eigenvalue weighted by molar-refractivity contribution is 9.10. The van der Waals surface area contributed by atoms with Gasteiger partial charge in [0.15, 0.2) is 0 Å². The Kier molecular flexibility index (Phi) is 5.31. The van der Waals surface area contributed by atoms with Gasteiger partial charge in [0.05, 0.1) is 23.0 Å². The van der Waals surface area contributed by atoms with Crippen molar-refractivity contribution in [2.45, 2.75) is 6.54 Å². The van der Waals surface area contributed by atoms with E-state index in [0.717, 1.165) is 32.3 Å². The molecule has 7 heteroatoms. The predicted octanol–water partition coefficient (Wildman–Crippen LogP) is 4.90. The summed E-state index contributed by atoms with van der Waals surface area (Å²) in [7, 11) is 1.86. The Morgan fingerprint density at radius 1 is 1.10 bits per heavy atom. The van der Waals surface area contributed by atoms with E-state index in [2.05, 4.69) is 31.7 Å². The standard InChI is InChI=1S/C22H18BrFN4O/c1-25-17-6-2-14(3-7-17)12-26-22(29)19-10-15(23)11-21-20(19)13-27-28(21)18-8-4-16(24)5-9-18/h2-11,13,25H,12H2,1H3,(H,26,29). The summed E-state index contributed by atoms with van der Waals surface area (Å²) in [6, 6.07) is 17.6. The minimum Gasteiger partial charge on any atom is -0.388 e. The SMILES string of the molecule is CNc1ccc(CNC(=O)c2cc(Br)cc3c2cnn3-c2ccc(F)cc2)cc1. The molecule has 4 aromatic rings. The molecule has 0 unspecified atom stereocenters. The molecular weight excluding hydrogens is 435 g/mol. The molecule has 0 spiro atoms. The summed E-state index contributed by atoms with van der Waals surface area (Å²) >= 11 is 3.48. The molecule has 0 atom stereocenters. The second-order valence-corrected chi connectivity index (χ2v) is 7.46. The van der Waals surface area contributed by atoms with Crippen molar-refractivity contribution in [3.8, 4) is 5.69 Å². The number of halogens is 2. The van der Waals surface area contributed by atoms with Crippen molar-refractivity contribution >= 4 is 38.4 Å². The first-order chi connectivity index (χ1) is 14.0. The van der Waals surface area contributed by atoms with E-state index in [1.807, 2.05) is 37.4 Å². The molecule has 0 fully saturated rings. The van der Waals surface area contributed by atoms with Gasteiger partial charge >= 0.3 is 0 Å². The van der Waals surface area contributed by atoms with Gasteiger partial charge in [0, 0.05) is 29.1 Å². The van der Waals surface area contributed by atoms with Gasteiger partial charge in [-0.15, -0.1) is 0 Å². The van der Waals surface area contributed by atoms with Gasteiger partial charge in [0.25, 0.3) is 5.91 Å². The van der Waals surface area contributed by atoms with Gasteiger partial charge in [-0.05, 0) is 54.1 Å². The maximum atomic E-state index is 13.2. The maximum absolute atomic E-state index is 13.2. The first-order valence-electron chi connectivity index (χ1n) is 9.03. The average molecular weight is 453 g/mol. The highest BCUT2D eigenvalue weighted by Gasteiger charge is 2.15. The van der Waals surface area contributed by atoms with Crippen LogP contribution in [0.15, 0.2) is 71.3 Å². The minimum atomic E-state index is -0.311. The molecule has 146 valence electrons. The lowest BCUT2D eigenvalue weighted by atomic mass is 10.1. The van der Waals surface area contributed by atoms with Gasteiger partial charge in [-0.1, -0.05) is 28.1 Å². The van der Waals surface area contributed by atoms with E-state index in [0.29, 0.717) is 12.1 Å². The van der Waals surface area contributed by atoms with E-state index in [9.17, 15) is 9.18 Å². The van der Waals surface area contributed by atoms with E-state index in [-0.39, 0.29) is 11.7 Å². The molecule has 4 rings (SSSR count). The number of amides is 1. The van der Waals surface area contributed by atoms with Gasteiger partial charge in [0.1, 0.15) is 5.82 Å². The number of carbonyl (C=O) groups excluding carboxylic acids is 1. The zero-order chi connectivity index (χ0) is 20.4. The number of anilines is 1. The van der Waals surface area contributed by atoms with E-state index >= 15 is 0 Å². The van der Waals surface area contributed by atoms with E-state index in [1.54, 1.807) is 29.1 Å². The molecule has 1 aromatic heterocycles. The van der Waals surface area contributed by atoms with Gasteiger partial charge in [0.2, 0.25) is 0 Å². The van der Waals surface area contributed by atoms with E-state index in [1.165, 1.54) is 12.1 Å². The van der Waals surface area contributed by atoms with E-state index in [4.69, 9.17) is 0 Å². The first kappa shape index (κ1) is 19.1. The lowest BCUT2D eigenvalue weighted by Crippen LogP contribution is -2.23. The molecular formula is C22H18BrFN4O. The Morgan fingerprint density at radius 3 is 2.52 bits per heavy atom. The Balaban J connectivity index is 1.62. The van der Waals surface area contributed by atoms with Crippen LogP contribution in [0.1, 0.15) is 15.9 Å². The van der Waals surface area contributed by atoms with Crippen LogP contribution in [-0.2, 0) is 6.54 Å². The van der Waals surface area contributed by atoms with Crippen LogP contribution in [0.25, 0.3) is 16.6 Å². The number of fused-ring (bicyclic) bond motifs is 1. The lowest BCUT2D eigenvalue weighted by molar-refractivity contribution is 0.0952. The van der Waals surface area contributed by atoms with Crippen molar-refractivity contribution in [2.24, 2.45) is 0 Å². The summed E-state index contributed by atoms with van der Waals surface area (Å²) < 4.78 is 15.7. The number of aromatic nitrogens is 2. The van der Waals surface area contributed by atoms with E-state index < -0.39 is 0 Å². The summed E-state index contributed by atoms with van der Waals surface area (Å²) in [5, 5.41) is 11.2. The number of hydrogen-bond acceptors (Lipinski definition) is 3. The molecule has 0 aliphatic rings. The third kappa shape index (κ3) is 4.00. The third-order valence-corrected chi connectivity index (χ3v) is 5.12. The smallest absolute Gasteiger partial charge is 0.252 e. The Hall–Kier alpha value is -3.19. The number of benzene rings is 3. The molecule has 0 aliphatic carbocycles. The van der Waals surface area contributed by atoms with Crippen LogP contribution in [-0.4, -0.2) is 22.7 Å². The molecule has 0 radical (unpaired) electrons. The molecule has 29 heavy (non-hydrogen) atoms. The van der Waals surface area contributed by atoms with Crippen LogP contribution in [0.3, 0.4) is 0 Å². The maximum Gasteiger partial charge on any atom is 0.252 e. The van der Waals surface area contributed by atoms with Crippen molar-refractivity contribution in [1.82, 2.24) is 15.1 Å². The normalized spacial score (nSPS) is 10.9. The molecule has 5 nitrogen and oxygen atoms in total. The third-order valence-electron chi connectivity index (χ3n) is 4.66. The number of nitrogens with one attached hydrogen (secondary N) is 2. The summed E-state index contributed by atoms with van der Waals surface area (Å²) in [6.45, 7) is 0.420. The van der Waals surface area contributed by atoms with Gasteiger partial charge in [-0.3, -0.25) is 4.79 Å². The number of nitrogens with zero attached hydrogens (tertiary/aromatic N) is 2. The summed E-state index contributed by atoms with van der Waals surface area (Å²) in [5.41, 5.74) is 4.02. The summed E-state index contributed by atoms with van der Waals surface area (Å²) in [4.78, 5) is 12.9. The lowest BCUT2D eigenvalue weighted by Gasteiger charge is -2.09. The molecule has 2 N–H and O–H groups in total. The number of carbonyl (C=O) groups is 1. The van der Waals surface area contributed by atoms with Gasteiger partial charge < -0.3 is 10.6 Å². The fourth-order valence-electron chi connectivity index (χ4n) is 3.13.